The zero-order valence-corrected chi connectivity index (χ0v) is 14.6. The minimum atomic E-state index is -5.16. The van der Waals surface area contributed by atoms with Gasteiger partial charge in [-0.1, -0.05) is 6.92 Å². The highest BCUT2D eigenvalue weighted by Gasteiger charge is 2.42. The second-order valence-corrected chi connectivity index (χ2v) is 5.53. The van der Waals surface area contributed by atoms with E-state index in [0.29, 0.717) is 17.9 Å². The van der Waals surface area contributed by atoms with Crippen molar-refractivity contribution in [2.45, 2.75) is 19.5 Å². The van der Waals surface area contributed by atoms with E-state index in [1.807, 2.05) is 6.92 Å². The minimum Gasteiger partial charge on any atom is -0.494 e. The van der Waals surface area contributed by atoms with Crippen molar-refractivity contribution < 1.29 is 31.9 Å². The maximum Gasteiger partial charge on any atom is 0.491 e. The predicted octanol–water partition coefficient (Wildman–Crippen LogP) is 4.06. The van der Waals surface area contributed by atoms with Crippen LogP contribution in [-0.4, -0.2) is 33.9 Å². The molecule has 0 fully saturated rings. The van der Waals surface area contributed by atoms with Crippen molar-refractivity contribution in [2.24, 2.45) is 0 Å². The molecule has 0 aliphatic heterocycles. The number of aromatic nitrogens is 3. The van der Waals surface area contributed by atoms with Crippen molar-refractivity contribution in [1.82, 2.24) is 15.2 Å². The SMILES string of the molecule is CCCOc1ccc(-c2nnc(-c3cccnc3OC(=O)C(F)(F)F)o2)cc1. The number of carbonyl (C=O) groups is 1. The lowest BCUT2D eigenvalue weighted by atomic mass is 10.2. The van der Waals surface area contributed by atoms with E-state index in [2.05, 4.69) is 19.9 Å². The van der Waals surface area contributed by atoms with Crippen molar-refractivity contribution in [1.29, 1.82) is 0 Å². The molecule has 146 valence electrons. The summed E-state index contributed by atoms with van der Waals surface area (Å²) in [6.45, 7) is 2.58. The molecule has 0 saturated heterocycles. The number of benzene rings is 1. The normalized spacial score (nSPS) is 11.3. The standard InChI is InChI=1S/C18H14F3N3O4/c1-2-10-26-12-7-5-11(6-8-12)14-23-24-16(27-14)13-4-3-9-22-15(13)28-17(25)18(19,20)21/h3-9H,2,10H2,1H3. The average Bonchev–Trinajstić information content (AvgIpc) is 3.16. The van der Waals surface area contributed by atoms with E-state index in [1.165, 1.54) is 18.3 Å². The van der Waals surface area contributed by atoms with Gasteiger partial charge < -0.3 is 13.9 Å². The molecule has 7 nitrogen and oxygen atoms in total. The van der Waals surface area contributed by atoms with Crippen LogP contribution in [0.1, 0.15) is 13.3 Å². The highest BCUT2D eigenvalue weighted by Crippen LogP contribution is 2.31. The van der Waals surface area contributed by atoms with Gasteiger partial charge in [0, 0.05) is 11.8 Å². The third-order valence-electron chi connectivity index (χ3n) is 3.42. The summed E-state index contributed by atoms with van der Waals surface area (Å²) in [6.07, 6.45) is -3.10. The summed E-state index contributed by atoms with van der Waals surface area (Å²) in [5, 5.41) is 7.68. The zero-order valence-electron chi connectivity index (χ0n) is 14.6. The number of nitrogens with zero attached hydrogens (tertiary/aromatic N) is 3. The Morgan fingerprint density at radius 2 is 1.82 bits per heavy atom. The minimum absolute atomic E-state index is 0.0400. The lowest BCUT2D eigenvalue weighted by Gasteiger charge is -2.07. The Kier molecular flexibility index (Phi) is 5.57. The predicted molar refractivity (Wildman–Crippen MR) is 90.4 cm³/mol. The first kappa shape index (κ1) is 19.3. The summed E-state index contributed by atoms with van der Waals surface area (Å²) in [6, 6.07) is 9.66. The van der Waals surface area contributed by atoms with Crippen molar-refractivity contribution in [3.05, 3.63) is 42.6 Å². The number of esters is 1. The van der Waals surface area contributed by atoms with Gasteiger partial charge in [-0.2, -0.15) is 13.2 Å². The third kappa shape index (κ3) is 4.45. The molecule has 0 unspecified atom stereocenters. The van der Waals surface area contributed by atoms with Crippen LogP contribution in [0, 0.1) is 0 Å². The van der Waals surface area contributed by atoms with Gasteiger partial charge in [-0.05, 0) is 42.8 Å². The van der Waals surface area contributed by atoms with Gasteiger partial charge in [0.05, 0.1) is 6.61 Å². The van der Waals surface area contributed by atoms with Gasteiger partial charge in [0.15, 0.2) is 0 Å². The summed E-state index contributed by atoms with van der Waals surface area (Å²) in [5.41, 5.74) is 0.544. The summed E-state index contributed by atoms with van der Waals surface area (Å²) < 4.78 is 52.6. The molecular weight excluding hydrogens is 379 g/mol. The molecular formula is C18H14F3N3O4. The summed E-state index contributed by atoms with van der Waals surface area (Å²) in [5.74, 6) is -2.30. The second kappa shape index (κ2) is 8.07. The van der Waals surface area contributed by atoms with Gasteiger partial charge in [0.1, 0.15) is 11.3 Å². The van der Waals surface area contributed by atoms with Gasteiger partial charge in [0.2, 0.25) is 11.8 Å². The molecule has 0 atom stereocenters. The fourth-order valence-corrected chi connectivity index (χ4v) is 2.14. The Bertz CT molecular complexity index is 955. The van der Waals surface area contributed by atoms with E-state index in [4.69, 9.17) is 9.15 Å². The number of carbonyl (C=O) groups excluding carboxylic acids is 1. The lowest BCUT2D eigenvalue weighted by molar-refractivity contribution is -0.189. The van der Waals surface area contributed by atoms with Crippen LogP contribution in [0.15, 0.2) is 47.0 Å². The molecule has 0 amide bonds. The van der Waals surface area contributed by atoms with E-state index in [0.717, 1.165) is 6.42 Å². The molecule has 0 spiro atoms. The topological polar surface area (TPSA) is 87.3 Å². The van der Waals surface area contributed by atoms with Gasteiger partial charge in [-0.25, -0.2) is 9.78 Å². The molecule has 28 heavy (non-hydrogen) atoms. The molecule has 2 heterocycles. The van der Waals surface area contributed by atoms with Crippen molar-refractivity contribution in [3.63, 3.8) is 0 Å². The number of rotatable bonds is 6. The molecule has 1 aromatic carbocycles. The fraction of sp³-hybridized carbons (Fsp3) is 0.222. The van der Waals surface area contributed by atoms with Crippen LogP contribution in [0.25, 0.3) is 22.9 Å². The number of halogens is 3. The van der Waals surface area contributed by atoms with Gasteiger partial charge >= 0.3 is 12.1 Å². The number of hydrogen-bond donors (Lipinski definition) is 0. The largest absolute Gasteiger partial charge is 0.494 e. The average molecular weight is 393 g/mol. The Morgan fingerprint density at radius 3 is 2.50 bits per heavy atom. The van der Waals surface area contributed by atoms with Gasteiger partial charge in [-0.3, -0.25) is 0 Å². The number of alkyl halides is 3. The van der Waals surface area contributed by atoms with Crippen LogP contribution in [0.2, 0.25) is 0 Å². The second-order valence-electron chi connectivity index (χ2n) is 5.53. The first-order valence-electron chi connectivity index (χ1n) is 8.19. The Morgan fingerprint density at radius 1 is 1.11 bits per heavy atom. The van der Waals surface area contributed by atoms with Crippen LogP contribution in [0.3, 0.4) is 0 Å². The Balaban J connectivity index is 1.83. The Hall–Kier alpha value is -3.43. The molecule has 2 aromatic heterocycles. The van der Waals surface area contributed by atoms with E-state index in [1.54, 1.807) is 24.3 Å². The summed E-state index contributed by atoms with van der Waals surface area (Å²) >= 11 is 0. The molecule has 0 aliphatic carbocycles. The molecule has 3 aromatic rings. The molecule has 10 heteroatoms. The van der Waals surface area contributed by atoms with Crippen LogP contribution in [0.5, 0.6) is 11.6 Å². The highest BCUT2D eigenvalue weighted by molar-refractivity contribution is 5.79. The van der Waals surface area contributed by atoms with Crippen molar-refractivity contribution >= 4 is 5.97 Å². The van der Waals surface area contributed by atoms with Gasteiger partial charge in [-0.15, -0.1) is 10.2 Å². The van der Waals surface area contributed by atoms with Crippen LogP contribution < -0.4 is 9.47 Å². The van der Waals surface area contributed by atoms with Crippen LogP contribution in [0.4, 0.5) is 13.2 Å². The van der Waals surface area contributed by atoms with E-state index < -0.39 is 18.0 Å². The van der Waals surface area contributed by atoms with E-state index in [9.17, 15) is 18.0 Å². The quantitative estimate of drug-likeness (QED) is 0.584. The first-order chi connectivity index (χ1) is 13.4. The molecule has 3 rings (SSSR count). The molecule has 0 saturated carbocycles. The number of ether oxygens (including phenoxy) is 2. The molecule has 0 aliphatic rings. The maximum absolute atomic E-state index is 12.4. The van der Waals surface area contributed by atoms with E-state index in [-0.39, 0.29) is 17.3 Å². The summed E-state index contributed by atoms with van der Waals surface area (Å²) in [7, 11) is 0. The molecule has 0 N–H and O–H groups in total. The third-order valence-corrected chi connectivity index (χ3v) is 3.42. The molecule has 0 bridgehead atoms. The molecule has 0 radical (unpaired) electrons. The fourth-order valence-electron chi connectivity index (χ4n) is 2.14. The van der Waals surface area contributed by atoms with Gasteiger partial charge in [0.25, 0.3) is 5.89 Å². The number of pyridine rings is 1. The lowest BCUT2D eigenvalue weighted by Crippen LogP contribution is -2.28. The number of hydrogen-bond acceptors (Lipinski definition) is 7. The summed E-state index contributed by atoms with van der Waals surface area (Å²) in [4.78, 5) is 14.7. The van der Waals surface area contributed by atoms with Crippen molar-refractivity contribution in [3.8, 4) is 34.5 Å². The Labute approximate surface area is 157 Å². The van der Waals surface area contributed by atoms with Crippen LogP contribution >= 0.6 is 0 Å². The smallest absolute Gasteiger partial charge is 0.491 e. The highest BCUT2D eigenvalue weighted by atomic mass is 19.4. The van der Waals surface area contributed by atoms with E-state index >= 15 is 0 Å². The monoisotopic (exact) mass is 393 g/mol. The maximum atomic E-state index is 12.4. The van der Waals surface area contributed by atoms with Crippen molar-refractivity contribution in [2.75, 3.05) is 6.61 Å². The van der Waals surface area contributed by atoms with Crippen LogP contribution in [-0.2, 0) is 4.79 Å². The first-order valence-corrected chi connectivity index (χ1v) is 8.19. The zero-order chi connectivity index (χ0) is 20.1.